The van der Waals surface area contributed by atoms with Crippen molar-refractivity contribution in [2.45, 2.75) is 38.2 Å². The molecule has 1 aromatic rings. The van der Waals surface area contributed by atoms with Gasteiger partial charge in [0.05, 0.1) is 23.3 Å². The molecule has 4 nitrogen and oxygen atoms in total. The summed E-state index contributed by atoms with van der Waals surface area (Å²) in [5.41, 5.74) is 0.400. The molecule has 1 fully saturated rings. The molecule has 6 heteroatoms. The number of hydrogen-bond acceptors (Lipinski definition) is 3. The quantitative estimate of drug-likeness (QED) is 0.668. The third-order valence-corrected chi connectivity index (χ3v) is 4.04. The highest BCUT2D eigenvalue weighted by molar-refractivity contribution is 6.41. The molecule has 0 atom stereocenters. The Labute approximate surface area is 128 Å². The summed E-state index contributed by atoms with van der Waals surface area (Å²) in [6.07, 6.45) is 7.81. The fourth-order valence-corrected chi connectivity index (χ4v) is 2.54. The Balaban J connectivity index is 1.70. The number of carbonyl (C=O) groups excluding carboxylic acids is 1. The number of amides is 1. The first-order chi connectivity index (χ1) is 9.66. The van der Waals surface area contributed by atoms with Crippen LogP contribution >= 0.6 is 23.2 Å². The van der Waals surface area contributed by atoms with Crippen molar-refractivity contribution < 1.29 is 9.53 Å². The zero-order valence-electron chi connectivity index (χ0n) is 11.2. The highest BCUT2D eigenvalue weighted by Crippen LogP contribution is 2.20. The molecule has 110 valence electrons. The molecule has 20 heavy (non-hydrogen) atoms. The summed E-state index contributed by atoms with van der Waals surface area (Å²) in [7, 11) is 0. The van der Waals surface area contributed by atoms with Crippen molar-refractivity contribution in [1.82, 2.24) is 10.3 Å². The average Bonchev–Trinajstić information content (AvgIpc) is 2.47. The maximum atomic E-state index is 11.9. The fraction of sp³-hybridized carbons (Fsp3) is 0.571. The summed E-state index contributed by atoms with van der Waals surface area (Å²) in [6, 6.07) is 1.51. The van der Waals surface area contributed by atoms with E-state index in [0.29, 0.717) is 24.8 Å². The molecule has 1 aliphatic rings. The van der Waals surface area contributed by atoms with E-state index in [2.05, 4.69) is 10.3 Å². The van der Waals surface area contributed by atoms with Crippen molar-refractivity contribution in [2.24, 2.45) is 0 Å². The maximum Gasteiger partial charge on any atom is 0.252 e. The van der Waals surface area contributed by atoms with Crippen LogP contribution in [-0.2, 0) is 4.74 Å². The Bertz CT molecular complexity index is 462. The van der Waals surface area contributed by atoms with Gasteiger partial charge in [0, 0.05) is 12.7 Å². The molecule has 0 unspecified atom stereocenters. The number of nitrogens with one attached hydrogen (secondary N) is 1. The largest absolute Gasteiger partial charge is 0.376 e. The third kappa shape index (κ3) is 4.62. The summed E-state index contributed by atoms with van der Waals surface area (Å²) in [5, 5.41) is 3.25. The number of ether oxygens (including phenoxy) is 1. The smallest absolute Gasteiger partial charge is 0.252 e. The van der Waals surface area contributed by atoms with E-state index < -0.39 is 0 Å². The van der Waals surface area contributed by atoms with Crippen LogP contribution in [0.1, 0.15) is 42.5 Å². The Morgan fingerprint density at radius 2 is 2.10 bits per heavy atom. The number of rotatable bonds is 5. The molecule has 2 rings (SSSR count). The number of halogens is 2. The second kappa shape index (κ2) is 7.81. The standard InChI is InChI=1S/C14H18Cl2N2O2/c15-12-8-10(9-18-13(12)16)14(19)17-6-7-20-11-4-2-1-3-5-11/h8-9,11H,1-7H2,(H,17,19). The number of aromatic nitrogens is 1. The molecule has 0 spiro atoms. The molecule has 0 aromatic carbocycles. The van der Waals surface area contributed by atoms with Gasteiger partial charge in [-0.3, -0.25) is 4.79 Å². The van der Waals surface area contributed by atoms with Gasteiger partial charge in [0.25, 0.3) is 5.91 Å². The van der Waals surface area contributed by atoms with Crippen molar-refractivity contribution >= 4 is 29.1 Å². The van der Waals surface area contributed by atoms with Gasteiger partial charge in [-0.2, -0.15) is 0 Å². The lowest BCUT2D eigenvalue weighted by molar-refractivity contribution is 0.0299. The predicted octanol–water partition coefficient (Wildman–Crippen LogP) is 3.47. The van der Waals surface area contributed by atoms with Crippen LogP contribution in [0.5, 0.6) is 0 Å². The molecule has 1 aliphatic carbocycles. The topological polar surface area (TPSA) is 51.2 Å². The zero-order chi connectivity index (χ0) is 14.4. The molecule has 1 N–H and O–H groups in total. The molecule has 0 radical (unpaired) electrons. The third-order valence-electron chi connectivity index (χ3n) is 3.35. The van der Waals surface area contributed by atoms with E-state index >= 15 is 0 Å². The highest BCUT2D eigenvalue weighted by atomic mass is 35.5. The van der Waals surface area contributed by atoms with E-state index in [9.17, 15) is 4.79 Å². The van der Waals surface area contributed by atoms with Gasteiger partial charge in [-0.25, -0.2) is 4.98 Å². The van der Waals surface area contributed by atoms with E-state index in [4.69, 9.17) is 27.9 Å². The van der Waals surface area contributed by atoms with Crippen molar-refractivity contribution in [3.63, 3.8) is 0 Å². The summed E-state index contributed by atoms with van der Waals surface area (Å²) < 4.78 is 5.73. The lowest BCUT2D eigenvalue weighted by Crippen LogP contribution is -2.29. The summed E-state index contributed by atoms with van der Waals surface area (Å²) in [5.74, 6) is -0.219. The van der Waals surface area contributed by atoms with Crippen molar-refractivity contribution in [3.05, 3.63) is 28.0 Å². The van der Waals surface area contributed by atoms with Gasteiger partial charge in [0.1, 0.15) is 5.15 Å². The van der Waals surface area contributed by atoms with E-state index in [1.54, 1.807) is 0 Å². The number of carbonyl (C=O) groups is 1. The van der Waals surface area contributed by atoms with Crippen LogP contribution < -0.4 is 5.32 Å². The van der Waals surface area contributed by atoms with Crippen LogP contribution in [-0.4, -0.2) is 30.1 Å². The van der Waals surface area contributed by atoms with Crippen molar-refractivity contribution in [3.8, 4) is 0 Å². The number of hydrogen-bond donors (Lipinski definition) is 1. The van der Waals surface area contributed by atoms with Crippen LogP contribution in [0.15, 0.2) is 12.3 Å². The zero-order valence-corrected chi connectivity index (χ0v) is 12.7. The lowest BCUT2D eigenvalue weighted by Gasteiger charge is -2.21. The molecule has 0 saturated heterocycles. The molecule has 0 aliphatic heterocycles. The van der Waals surface area contributed by atoms with Gasteiger partial charge in [0.2, 0.25) is 0 Å². The molecule has 1 saturated carbocycles. The van der Waals surface area contributed by atoms with Crippen LogP contribution in [0.4, 0.5) is 0 Å². The van der Waals surface area contributed by atoms with Crippen molar-refractivity contribution in [2.75, 3.05) is 13.2 Å². The Hall–Kier alpha value is -0.840. The summed E-state index contributed by atoms with van der Waals surface area (Å²) in [6.45, 7) is 1.01. The van der Waals surface area contributed by atoms with E-state index in [1.807, 2.05) is 0 Å². The van der Waals surface area contributed by atoms with Gasteiger partial charge in [-0.05, 0) is 18.9 Å². The van der Waals surface area contributed by atoms with Crippen LogP contribution in [0.2, 0.25) is 10.2 Å². The second-order valence-electron chi connectivity index (χ2n) is 4.88. The molecule has 1 amide bonds. The average molecular weight is 317 g/mol. The molecular weight excluding hydrogens is 299 g/mol. The fourth-order valence-electron chi connectivity index (χ4n) is 2.27. The van der Waals surface area contributed by atoms with Gasteiger partial charge in [-0.1, -0.05) is 42.5 Å². The molecule has 1 aromatic heterocycles. The first-order valence-corrected chi connectivity index (χ1v) is 7.63. The second-order valence-corrected chi connectivity index (χ2v) is 5.65. The number of pyridine rings is 1. The normalized spacial score (nSPS) is 16.1. The molecule has 0 bridgehead atoms. The minimum absolute atomic E-state index is 0.198. The molecule has 1 heterocycles. The first kappa shape index (κ1) is 15.5. The summed E-state index contributed by atoms with van der Waals surface area (Å²) in [4.78, 5) is 15.7. The van der Waals surface area contributed by atoms with Gasteiger partial charge in [-0.15, -0.1) is 0 Å². The Morgan fingerprint density at radius 3 is 2.80 bits per heavy atom. The first-order valence-electron chi connectivity index (χ1n) is 6.87. The maximum absolute atomic E-state index is 11.9. The van der Waals surface area contributed by atoms with Crippen LogP contribution in [0.3, 0.4) is 0 Å². The highest BCUT2D eigenvalue weighted by Gasteiger charge is 2.13. The lowest BCUT2D eigenvalue weighted by atomic mass is 9.98. The van der Waals surface area contributed by atoms with Gasteiger partial charge < -0.3 is 10.1 Å². The van der Waals surface area contributed by atoms with Gasteiger partial charge in [0.15, 0.2) is 0 Å². The predicted molar refractivity (Wildman–Crippen MR) is 79.4 cm³/mol. The SMILES string of the molecule is O=C(NCCOC1CCCCC1)c1cnc(Cl)c(Cl)c1. The Kier molecular flexibility index (Phi) is 6.07. The van der Waals surface area contributed by atoms with E-state index in [-0.39, 0.29) is 16.1 Å². The van der Waals surface area contributed by atoms with Crippen molar-refractivity contribution in [1.29, 1.82) is 0 Å². The molecular formula is C14H18Cl2N2O2. The minimum atomic E-state index is -0.219. The van der Waals surface area contributed by atoms with E-state index in [0.717, 1.165) is 12.8 Å². The van der Waals surface area contributed by atoms with E-state index in [1.165, 1.54) is 31.5 Å². The van der Waals surface area contributed by atoms with Crippen LogP contribution in [0.25, 0.3) is 0 Å². The van der Waals surface area contributed by atoms with Crippen LogP contribution in [0, 0.1) is 0 Å². The minimum Gasteiger partial charge on any atom is -0.376 e. The number of nitrogens with zero attached hydrogens (tertiary/aromatic N) is 1. The monoisotopic (exact) mass is 316 g/mol. The Morgan fingerprint density at radius 1 is 1.35 bits per heavy atom. The van der Waals surface area contributed by atoms with Gasteiger partial charge >= 0.3 is 0 Å². The summed E-state index contributed by atoms with van der Waals surface area (Å²) >= 11 is 11.5.